The third kappa shape index (κ3) is 5.15. The number of hydrogen-bond acceptors (Lipinski definition) is 6. The molecule has 0 unspecified atom stereocenters. The lowest BCUT2D eigenvalue weighted by Crippen LogP contribution is -2.41. The highest BCUT2D eigenvalue weighted by Gasteiger charge is 2.34. The van der Waals surface area contributed by atoms with E-state index in [1.54, 1.807) is 25.2 Å². The molecule has 2 heterocycles. The maximum atomic E-state index is 13.0. The highest BCUT2D eigenvalue weighted by atomic mass is 35.5. The average molecular weight is 507 g/mol. The number of halogens is 1. The summed E-state index contributed by atoms with van der Waals surface area (Å²) in [4.78, 5) is 2.64. The minimum atomic E-state index is -3.61. The van der Waals surface area contributed by atoms with E-state index in [9.17, 15) is 8.42 Å². The molecule has 2 aliphatic heterocycles. The quantitative estimate of drug-likeness (QED) is 0.535. The number of fused-ring (bicyclic) bond motifs is 1. The van der Waals surface area contributed by atoms with Gasteiger partial charge >= 0.3 is 0 Å². The van der Waals surface area contributed by atoms with Crippen molar-refractivity contribution in [1.82, 2.24) is 9.21 Å². The summed E-state index contributed by atoms with van der Waals surface area (Å²) in [6.07, 6.45) is 4.22. The van der Waals surface area contributed by atoms with Gasteiger partial charge in [0.25, 0.3) is 0 Å². The number of hydrogen-bond donors (Lipinski definition) is 0. The highest BCUT2D eigenvalue weighted by Crippen LogP contribution is 2.36. The Kier molecular flexibility index (Phi) is 6.93. The summed E-state index contributed by atoms with van der Waals surface area (Å²) in [7, 11) is -1.98. The number of nitrogens with zero attached hydrogens (tertiary/aromatic N) is 2. The minimum absolute atomic E-state index is 0.0795. The third-order valence-electron chi connectivity index (χ3n) is 6.85. The van der Waals surface area contributed by atoms with Gasteiger partial charge in [-0.15, -0.1) is 0 Å². The number of likely N-dealkylation sites (tertiary alicyclic amines) is 1. The van der Waals surface area contributed by atoms with Gasteiger partial charge in [0.05, 0.1) is 11.0 Å². The fraction of sp³-hybridized carbons (Fsp3) is 0.520. The molecule has 5 rings (SSSR count). The van der Waals surface area contributed by atoms with Crippen LogP contribution in [0.2, 0.25) is 5.02 Å². The first-order valence-corrected chi connectivity index (χ1v) is 13.7. The van der Waals surface area contributed by atoms with Gasteiger partial charge in [0.15, 0.2) is 11.5 Å². The predicted molar refractivity (Wildman–Crippen MR) is 130 cm³/mol. The standard InChI is InChI=1S/C25H31ClN2O5S/c1-27(34(29,30)22-6-7-24-25(15-22)32-11-10-31-24)16-18-12-21(13-18)33-20-5-4-19(23(26)14-20)17-28-8-2-3-9-28/h4-7,14-15,18,21H,2-3,8-13,16-17H2,1H3. The molecule has 3 aliphatic rings. The zero-order chi connectivity index (χ0) is 23.7. The van der Waals surface area contributed by atoms with Gasteiger partial charge in [-0.3, -0.25) is 4.90 Å². The molecule has 2 aromatic carbocycles. The number of ether oxygens (including phenoxy) is 3. The molecule has 0 amide bonds. The van der Waals surface area contributed by atoms with Crippen LogP contribution in [-0.2, 0) is 16.6 Å². The topological polar surface area (TPSA) is 68.3 Å². The Morgan fingerprint density at radius 3 is 2.53 bits per heavy atom. The summed E-state index contributed by atoms with van der Waals surface area (Å²) in [5.74, 6) is 2.08. The number of benzene rings is 2. The Morgan fingerprint density at radius 2 is 1.79 bits per heavy atom. The van der Waals surface area contributed by atoms with Gasteiger partial charge in [0.2, 0.25) is 10.0 Å². The van der Waals surface area contributed by atoms with E-state index in [1.807, 2.05) is 12.1 Å². The van der Waals surface area contributed by atoms with Gasteiger partial charge in [0, 0.05) is 31.2 Å². The van der Waals surface area contributed by atoms with Gasteiger partial charge in [-0.25, -0.2) is 12.7 Å². The fourth-order valence-corrected chi connectivity index (χ4v) is 6.34. The van der Waals surface area contributed by atoms with Gasteiger partial charge in [-0.2, -0.15) is 0 Å². The second-order valence-corrected chi connectivity index (χ2v) is 11.9. The summed E-state index contributed by atoms with van der Waals surface area (Å²) in [5.41, 5.74) is 1.13. The molecule has 2 aromatic rings. The van der Waals surface area contributed by atoms with Crippen molar-refractivity contribution in [3.63, 3.8) is 0 Å². The molecule has 0 radical (unpaired) electrons. The largest absolute Gasteiger partial charge is 0.490 e. The lowest BCUT2D eigenvalue weighted by Gasteiger charge is -2.37. The lowest BCUT2D eigenvalue weighted by atomic mass is 9.82. The molecule has 0 aromatic heterocycles. The molecule has 184 valence electrons. The summed E-state index contributed by atoms with van der Waals surface area (Å²) < 4.78 is 44.6. The van der Waals surface area contributed by atoms with E-state index in [2.05, 4.69) is 11.0 Å². The second-order valence-electron chi connectivity index (χ2n) is 9.40. The van der Waals surface area contributed by atoms with E-state index < -0.39 is 10.0 Å². The molecule has 1 saturated heterocycles. The molecule has 0 bridgehead atoms. The summed E-state index contributed by atoms with van der Waals surface area (Å²) in [6.45, 7) is 4.50. The SMILES string of the molecule is CN(CC1CC(Oc2ccc(CN3CCCC3)c(Cl)c2)C1)S(=O)(=O)c1ccc2c(c1)OCCO2. The molecule has 7 nitrogen and oxygen atoms in total. The van der Waals surface area contributed by atoms with Gasteiger partial charge in [-0.1, -0.05) is 17.7 Å². The van der Waals surface area contributed by atoms with E-state index in [4.69, 9.17) is 25.8 Å². The molecule has 1 aliphatic carbocycles. The molecule has 2 fully saturated rings. The van der Waals surface area contributed by atoms with Gasteiger partial charge in [-0.05, 0) is 74.5 Å². The lowest BCUT2D eigenvalue weighted by molar-refractivity contribution is 0.0575. The smallest absolute Gasteiger partial charge is 0.242 e. The van der Waals surface area contributed by atoms with E-state index in [0.717, 1.165) is 48.8 Å². The summed E-state index contributed by atoms with van der Waals surface area (Å²) in [6, 6.07) is 10.7. The predicted octanol–water partition coefficient (Wildman–Crippen LogP) is 4.19. The van der Waals surface area contributed by atoms with Crippen LogP contribution in [0.15, 0.2) is 41.3 Å². The summed E-state index contributed by atoms with van der Waals surface area (Å²) >= 11 is 6.51. The van der Waals surface area contributed by atoms with Crippen LogP contribution < -0.4 is 14.2 Å². The van der Waals surface area contributed by atoms with E-state index in [1.165, 1.54) is 17.1 Å². The maximum Gasteiger partial charge on any atom is 0.242 e. The highest BCUT2D eigenvalue weighted by molar-refractivity contribution is 7.89. The first kappa shape index (κ1) is 23.7. The molecule has 1 saturated carbocycles. The van der Waals surface area contributed by atoms with E-state index >= 15 is 0 Å². The van der Waals surface area contributed by atoms with Crippen molar-refractivity contribution in [3.05, 3.63) is 47.0 Å². The molecular formula is C25H31ClN2O5S. The zero-order valence-electron chi connectivity index (χ0n) is 19.4. The average Bonchev–Trinajstić information content (AvgIpc) is 3.32. The van der Waals surface area contributed by atoms with Crippen molar-refractivity contribution in [2.75, 3.05) is 39.9 Å². The van der Waals surface area contributed by atoms with Crippen LogP contribution in [0.4, 0.5) is 0 Å². The van der Waals surface area contributed by atoms with Crippen molar-refractivity contribution in [2.24, 2.45) is 5.92 Å². The fourth-order valence-electron chi connectivity index (χ4n) is 4.85. The van der Waals surface area contributed by atoms with Crippen molar-refractivity contribution >= 4 is 21.6 Å². The normalized spacial score (nSPS) is 22.6. The van der Waals surface area contributed by atoms with Crippen LogP contribution in [-0.4, -0.2) is 63.6 Å². The molecular weight excluding hydrogens is 476 g/mol. The Hall–Kier alpha value is -2.00. The molecule has 9 heteroatoms. The van der Waals surface area contributed by atoms with Crippen molar-refractivity contribution in [1.29, 1.82) is 0 Å². The molecule has 34 heavy (non-hydrogen) atoms. The van der Waals surface area contributed by atoms with E-state index in [-0.39, 0.29) is 16.9 Å². The Balaban J connectivity index is 1.12. The van der Waals surface area contributed by atoms with Gasteiger partial charge < -0.3 is 14.2 Å². The third-order valence-corrected chi connectivity index (χ3v) is 9.02. The maximum absolute atomic E-state index is 13.0. The van der Waals surface area contributed by atoms with Crippen LogP contribution in [0.5, 0.6) is 17.2 Å². The van der Waals surface area contributed by atoms with Crippen molar-refractivity contribution < 1.29 is 22.6 Å². The summed E-state index contributed by atoms with van der Waals surface area (Å²) in [5, 5.41) is 0.741. The Morgan fingerprint density at radius 1 is 1.06 bits per heavy atom. The second kappa shape index (κ2) is 9.93. The van der Waals surface area contributed by atoms with Crippen LogP contribution in [0.3, 0.4) is 0 Å². The first-order valence-electron chi connectivity index (χ1n) is 11.9. The molecule has 0 N–H and O–H groups in total. The first-order chi connectivity index (χ1) is 16.4. The van der Waals surface area contributed by atoms with Crippen molar-refractivity contribution in [2.45, 2.75) is 43.2 Å². The van der Waals surface area contributed by atoms with Gasteiger partial charge in [0.1, 0.15) is 19.0 Å². The molecule has 0 spiro atoms. The monoisotopic (exact) mass is 506 g/mol. The van der Waals surface area contributed by atoms with Crippen LogP contribution in [0, 0.1) is 5.92 Å². The Bertz CT molecular complexity index is 1130. The van der Waals surface area contributed by atoms with E-state index in [0.29, 0.717) is 31.3 Å². The zero-order valence-corrected chi connectivity index (χ0v) is 21.0. The number of sulfonamides is 1. The van der Waals surface area contributed by atoms with Crippen LogP contribution in [0.1, 0.15) is 31.2 Å². The minimum Gasteiger partial charge on any atom is -0.490 e. The van der Waals surface area contributed by atoms with Crippen LogP contribution >= 0.6 is 11.6 Å². The Labute approximate surface area is 206 Å². The van der Waals surface area contributed by atoms with Crippen LogP contribution in [0.25, 0.3) is 0 Å². The molecule has 0 atom stereocenters. The number of rotatable bonds is 8. The van der Waals surface area contributed by atoms with Crippen molar-refractivity contribution in [3.8, 4) is 17.2 Å².